The number of aliphatic hydroxyl groups is 1. The molecule has 1 N–H and O–H groups in total. The highest BCUT2D eigenvalue weighted by Gasteiger charge is 2.30. The molecule has 0 aromatic heterocycles. The predicted molar refractivity (Wildman–Crippen MR) is 51.6 cm³/mol. The maximum Gasteiger partial charge on any atom is 0.416 e. The van der Waals surface area contributed by atoms with Crippen LogP contribution >= 0.6 is 0 Å². The van der Waals surface area contributed by atoms with Gasteiger partial charge in [0.25, 0.3) is 0 Å². The minimum Gasteiger partial charge on any atom is -0.384 e. The first-order valence-corrected chi connectivity index (χ1v) is 4.35. The van der Waals surface area contributed by atoms with Crippen LogP contribution in [0.15, 0.2) is 36.4 Å². The Morgan fingerprint density at radius 3 is 2.19 bits per heavy atom. The third-order valence-electron chi connectivity index (χ3n) is 2.06. The van der Waals surface area contributed by atoms with Crippen molar-refractivity contribution in [2.75, 3.05) is 0 Å². The van der Waals surface area contributed by atoms with Crippen LogP contribution in [-0.4, -0.2) is 11.4 Å². The van der Waals surface area contributed by atoms with E-state index < -0.39 is 17.8 Å². The maximum atomic E-state index is 12.2. The molecule has 0 heterocycles. The van der Waals surface area contributed by atoms with Crippen LogP contribution in [0, 0.1) is 0 Å². The number of carbonyl (C=O) groups is 1. The van der Waals surface area contributed by atoms with Gasteiger partial charge in [0.05, 0.1) is 5.56 Å². The first-order valence-electron chi connectivity index (χ1n) is 4.35. The van der Waals surface area contributed by atoms with Crippen molar-refractivity contribution in [1.82, 2.24) is 0 Å². The molecule has 5 heteroatoms. The van der Waals surface area contributed by atoms with Gasteiger partial charge in [0.1, 0.15) is 12.4 Å². The van der Waals surface area contributed by atoms with Crippen molar-refractivity contribution < 1.29 is 23.1 Å². The molecule has 16 heavy (non-hydrogen) atoms. The van der Waals surface area contributed by atoms with E-state index in [9.17, 15) is 23.1 Å². The lowest BCUT2D eigenvalue weighted by molar-refractivity contribution is -0.137. The first-order chi connectivity index (χ1) is 7.36. The van der Waals surface area contributed by atoms with Crippen LogP contribution in [0.4, 0.5) is 13.2 Å². The predicted octanol–water partition coefficient (Wildman–Crippen LogP) is 2.49. The minimum absolute atomic E-state index is 0.0974. The molecule has 0 saturated heterocycles. The van der Waals surface area contributed by atoms with E-state index in [-0.39, 0.29) is 11.1 Å². The lowest BCUT2D eigenvalue weighted by Gasteiger charge is -2.11. The zero-order valence-corrected chi connectivity index (χ0v) is 8.16. The van der Waals surface area contributed by atoms with E-state index in [4.69, 9.17) is 0 Å². The topological polar surface area (TPSA) is 37.3 Å². The third kappa shape index (κ3) is 2.70. The fourth-order valence-corrected chi connectivity index (χ4v) is 1.13. The van der Waals surface area contributed by atoms with E-state index in [0.717, 1.165) is 24.3 Å². The van der Waals surface area contributed by atoms with E-state index in [1.807, 2.05) is 0 Å². The summed E-state index contributed by atoms with van der Waals surface area (Å²) in [6.07, 6.45) is -5.31. The van der Waals surface area contributed by atoms with Crippen LogP contribution in [0.3, 0.4) is 0 Å². The second-order valence-corrected chi connectivity index (χ2v) is 3.22. The van der Waals surface area contributed by atoms with Gasteiger partial charge in [0, 0.05) is 5.57 Å². The molecule has 0 aliphatic carbocycles. The van der Waals surface area contributed by atoms with Crippen molar-refractivity contribution in [3.8, 4) is 0 Å². The minimum atomic E-state index is -4.41. The van der Waals surface area contributed by atoms with Crippen molar-refractivity contribution in [1.29, 1.82) is 0 Å². The Bertz CT molecular complexity index is 393. The van der Waals surface area contributed by atoms with Crippen LogP contribution in [0.2, 0.25) is 0 Å². The maximum absolute atomic E-state index is 12.2. The number of carbonyl (C=O) groups excluding carboxylic acids is 1. The van der Waals surface area contributed by atoms with Crippen molar-refractivity contribution in [3.63, 3.8) is 0 Å². The van der Waals surface area contributed by atoms with Gasteiger partial charge < -0.3 is 5.11 Å². The average molecular weight is 230 g/mol. The van der Waals surface area contributed by atoms with E-state index >= 15 is 0 Å². The number of benzene rings is 1. The Morgan fingerprint density at radius 2 is 1.81 bits per heavy atom. The van der Waals surface area contributed by atoms with Crippen LogP contribution in [0.25, 0.3) is 0 Å². The molecule has 0 aliphatic rings. The molecule has 1 aromatic rings. The fourth-order valence-electron chi connectivity index (χ4n) is 1.13. The van der Waals surface area contributed by atoms with Crippen molar-refractivity contribution >= 4 is 6.29 Å². The van der Waals surface area contributed by atoms with Crippen molar-refractivity contribution in [2.24, 2.45) is 0 Å². The molecule has 0 radical (unpaired) electrons. The van der Waals surface area contributed by atoms with Gasteiger partial charge in [-0.2, -0.15) is 13.2 Å². The Morgan fingerprint density at radius 1 is 1.31 bits per heavy atom. The molecule has 0 spiro atoms. The van der Waals surface area contributed by atoms with Gasteiger partial charge in [-0.25, -0.2) is 0 Å². The molecular formula is C11H9F3O2. The Kier molecular flexibility index (Phi) is 3.49. The number of aldehydes is 1. The van der Waals surface area contributed by atoms with E-state index in [0.29, 0.717) is 6.29 Å². The second kappa shape index (κ2) is 4.49. The standard InChI is InChI=1S/C11H9F3O2/c1-7(6-15)10(16)8-2-4-9(5-3-8)11(12,13)14/h2-6,10,16H,1H2. The summed E-state index contributed by atoms with van der Waals surface area (Å²) in [6.45, 7) is 3.28. The largest absolute Gasteiger partial charge is 0.416 e. The lowest BCUT2D eigenvalue weighted by atomic mass is 10.0. The zero-order valence-electron chi connectivity index (χ0n) is 8.16. The molecular weight excluding hydrogens is 221 g/mol. The monoisotopic (exact) mass is 230 g/mol. The van der Waals surface area contributed by atoms with Gasteiger partial charge >= 0.3 is 6.18 Å². The fraction of sp³-hybridized carbons (Fsp3) is 0.182. The molecule has 1 atom stereocenters. The smallest absolute Gasteiger partial charge is 0.384 e. The molecule has 0 aliphatic heterocycles. The summed E-state index contributed by atoms with van der Waals surface area (Å²) in [5.41, 5.74) is -0.704. The molecule has 1 rings (SSSR count). The number of halogens is 3. The normalized spacial score (nSPS) is 13.2. The van der Waals surface area contributed by atoms with Crippen molar-refractivity contribution in [2.45, 2.75) is 12.3 Å². The quantitative estimate of drug-likeness (QED) is 0.639. The van der Waals surface area contributed by atoms with E-state index in [2.05, 4.69) is 6.58 Å². The van der Waals surface area contributed by atoms with E-state index in [1.165, 1.54) is 0 Å². The summed E-state index contributed by atoms with van der Waals surface area (Å²) in [4.78, 5) is 10.3. The van der Waals surface area contributed by atoms with Crippen molar-refractivity contribution in [3.05, 3.63) is 47.5 Å². The highest BCUT2D eigenvalue weighted by atomic mass is 19.4. The SMILES string of the molecule is C=C(C=O)C(O)c1ccc(C(F)(F)F)cc1. The average Bonchev–Trinajstić information content (AvgIpc) is 2.26. The number of hydrogen-bond donors (Lipinski definition) is 1. The molecule has 0 saturated carbocycles. The van der Waals surface area contributed by atoms with Crippen LogP contribution in [0.1, 0.15) is 17.2 Å². The Balaban J connectivity index is 2.95. The van der Waals surface area contributed by atoms with Gasteiger partial charge in [-0.15, -0.1) is 0 Å². The van der Waals surface area contributed by atoms with Gasteiger partial charge in [-0.1, -0.05) is 18.7 Å². The summed E-state index contributed by atoms with van der Waals surface area (Å²) >= 11 is 0. The molecule has 0 amide bonds. The second-order valence-electron chi connectivity index (χ2n) is 3.22. The van der Waals surface area contributed by atoms with Gasteiger partial charge in [0.15, 0.2) is 0 Å². The van der Waals surface area contributed by atoms with Gasteiger partial charge in [0.2, 0.25) is 0 Å². The van der Waals surface area contributed by atoms with Crippen LogP contribution in [-0.2, 0) is 11.0 Å². The summed E-state index contributed by atoms with van der Waals surface area (Å²) in [6, 6.07) is 3.91. The molecule has 86 valence electrons. The number of hydrogen-bond acceptors (Lipinski definition) is 2. The molecule has 1 unspecified atom stereocenters. The highest BCUT2D eigenvalue weighted by molar-refractivity contribution is 5.74. The van der Waals surface area contributed by atoms with E-state index in [1.54, 1.807) is 0 Å². The third-order valence-corrected chi connectivity index (χ3v) is 2.06. The Labute approximate surface area is 90.0 Å². The molecule has 0 fully saturated rings. The molecule has 2 nitrogen and oxygen atoms in total. The molecule has 1 aromatic carbocycles. The summed E-state index contributed by atoms with van der Waals surface area (Å²) < 4.78 is 36.6. The van der Waals surface area contributed by atoms with Crippen LogP contribution in [0.5, 0.6) is 0 Å². The Hall–Kier alpha value is -1.62. The summed E-state index contributed by atoms with van der Waals surface area (Å²) in [7, 11) is 0. The highest BCUT2D eigenvalue weighted by Crippen LogP contribution is 2.30. The number of rotatable bonds is 3. The first kappa shape index (κ1) is 12.4. The number of aliphatic hydroxyl groups excluding tert-OH is 1. The van der Waals surface area contributed by atoms with Gasteiger partial charge in [-0.05, 0) is 17.7 Å². The van der Waals surface area contributed by atoms with Gasteiger partial charge in [-0.3, -0.25) is 4.79 Å². The summed E-state index contributed by atoms with van der Waals surface area (Å²) in [5.74, 6) is 0. The molecule has 0 bridgehead atoms. The zero-order chi connectivity index (χ0) is 12.3. The summed E-state index contributed by atoms with van der Waals surface area (Å²) in [5, 5.41) is 9.47. The number of alkyl halides is 3. The lowest BCUT2D eigenvalue weighted by Crippen LogP contribution is -2.06. The van der Waals surface area contributed by atoms with Crippen LogP contribution < -0.4 is 0 Å².